The summed E-state index contributed by atoms with van der Waals surface area (Å²) in [4.78, 5) is 10.3. The molecule has 0 aliphatic carbocycles. The maximum atomic E-state index is 10.3. The van der Waals surface area contributed by atoms with E-state index in [0.717, 1.165) is 12.8 Å². The van der Waals surface area contributed by atoms with Gasteiger partial charge in [0, 0.05) is 6.42 Å². The molecule has 0 radical (unpaired) electrons. The Bertz CT molecular complexity index is 326. The second-order valence-corrected chi connectivity index (χ2v) is 7.16. The first-order chi connectivity index (χ1) is 13.3. The predicted molar refractivity (Wildman–Crippen MR) is 107 cm³/mol. The summed E-state index contributed by atoms with van der Waals surface area (Å²) in [5.74, 6) is -0.657. The number of hydrogen-bond acceptors (Lipinski definition) is 7. The lowest BCUT2D eigenvalue weighted by molar-refractivity contribution is -0.137. The van der Waals surface area contributed by atoms with Crippen molar-refractivity contribution >= 4 is 5.97 Å². The zero-order chi connectivity index (χ0) is 21.8. The van der Waals surface area contributed by atoms with Crippen molar-refractivity contribution in [3.8, 4) is 0 Å². The molecule has 8 heteroatoms. The van der Waals surface area contributed by atoms with Crippen LogP contribution in [0.3, 0.4) is 0 Å². The fourth-order valence-electron chi connectivity index (χ4n) is 2.61. The van der Waals surface area contributed by atoms with Crippen molar-refractivity contribution < 1.29 is 40.5 Å². The summed E-state index contributed by atoms with van der Waals surface area (Å²) in [6, 6.07) is 0. The van der Waals surface area contributed by atoms with Gasteiger partial charge in [0.25, 0.3) is 0 Å². The van der Waals surface area contributed by atoms with Crippen LogP contribution < -0.4 is 0 Å². The second-order valence-electron chi connectivity index (χ2n) is 7.16. The molecule has 0 aromatic rings. The van der Waals surface area contributed by atoms with E-state index in [0.29, 0.717) is 6.42 Å². The van der Waals surface area contributed by atoms with Crippen LogP contribution in [0.1, 0.15) is 84.0 Å². The van der Waals surface area contributed by atoms with Crippen LogP contribution in [-0.2, 0) is 4.79 Å². The molecule has 7 N–H and O–H groups in total. The maximum absolute atomic E-state index is 10.3. The number of rotatable bonds is 17. The highest BCUT2D eigenvalue weighted by atomic mass is 16.4. The minimum Gasteiger partial charge on any atom is -0.481 e. The van der Waals surface area contributed by atoms with E-state index in [2.05, 4.69) is 6.92 Å². The van der Waals surface area contributed by atoms with Gasteiger partial charge in [-0.2, -0.15) is 0 Å². The minimum atomic E-state index is -1.67. The number of aliphatic carboxylic acids is 1. The Labute approximate surface area is 168 Å². The van der Waals surface area contributed by atoms with Crippen molar-refractivity contribution in [1.82, 2.24) is 0 Å². The highest BCUT2D eigenvalue weighted by molar-refractivity contribution is 5.66. The Morgan fingerprint density at radius 1 is 0.643 bits per heavy atom. The normalized spacial score (nSPS) is 15.2. The number of hydrogen-bond donors (Lipinski definition) is 7. The number of unbranched alkanes of at least 4 members (excludes halogenated alkanes) is 10. The molecule has 8 nitrogen and oxygen atoms in total. The molecule has 0 bridgehead atoms. The number of carbonyl (C=O) groups is 1. The predicted octanol–water partition coefficient (Wildman–Crippen LogP) is 1.19. The number of carboxylic acid groups (broad SMARTS) is 1. The van der Waals surface area contributed by atoms with Crippen molar-refractivity contribution in [2.75, 3.05) is 13.2 Å². The lowest BCUT2D eigenvalue weighted by atomic mass is 10.0. The molecular weight excluding hydrogens is 368 g/mol. The second kappa shape index (κ2) is 21.0. The van der Waals surface area contributed by atoms with Gasteiger partial charge in [-0.1, -0.05) is 71.1 Å². The summed E-state index contributed by atoms with van der Waals surface area (Å²) >= 11 is 0. The zero-order valence-corrected chi connectivity index (χ0v) is 17.2. The average molecular weight is 411 g/mol. The third-order valence-electron chi connectivity index (χ3n) is 4.51. The maximum Gasteiger partial charge on any atom is 0.303 e. The summed E-state index contributed by atoms with van der Waals surface area (Å²) in [5, 5.41) is 60.6. The third-order valence-corrected chi connectivity index (χ3v) is 4.51. The third kappa shape index (κ3) is 18.6. The number of carboxylic acids is 1. The molecule has 4 atom stereocenters. The Kier molecular flexibility index (Phi) is 22.0. The molecule has 0 aromatic heterocycles. The lowest BCUT2D eigenvalue weighted by Gasteiger charge is -2.24. The van der Waals surface area contributed by atoms with Gasteiger partial charge in [0.05, 0.1) is 13.2 Å². The molecule has 0 heterocycles. The van der Waals surface area contributed by atoms with Gasteiger partial charge in [-0.3, -0.25) is 4.79 Å². The van der Waals surface area contributed by atoms with Gasteiger partial charge in [0.2, 0.25) is 0 Å². The summed E-state index contributed by atoms with van der Waals surface area (Å²) in [6.45, 7) is 0.796. The first-order valence-electron chi connectivity index (χ1n) is 10.5. The smallest absolute Gasteiger partial charge is 0.303 e. The van der Waals surface area contributed by atoms with E-state index < -0.39 is 43.6 Å². The summed E-state index contributed by atoms with van der Waals surface area (Å²) in [6.07, 6.45) is 7.97. The first-order valence-corrected chi connectivity index (χ1v) is 10.5. The molecule has 0 rings (SSSR count). The van der Waals surface area contributed by atoms with Crippen LogP contribution in [0.5, 0.6) is 0 Å². The zero-order valence-electron chi connectivity index (χ0n) is 17.2. The summed E-state index contributed by atoms with van der Waals surface area (Å²) < 4.78 is 0. The highest BCUT2D eigenvalue weighted by Crippen LogP contribution is 2.11. The fourth-order valence-corrected chi connectivity index (χ4v) is 2.61. The largest absolute Gasteiger partial charge is 0.481 e. The molecule has 0 fully saturated rings. The monoisotopic (exact) mass is 410 g/mol. The Balaban J connectivity index is 0. The van der Waals surface area contributed by atoms with Gasteiger partial charge in [-0.25, -0.2) is 0 Å². The summed E-state index contributed by atoms with van der Waals surface area (Å²) in [7, 11) is 0. The summed E-state index contributed by atoms with van der Waals surface area (Å²) in [5.41, 5.74) is 0. The Morgan fingerprint density at radius 2 is 0.964 bits per heavy atom. The molecule has 0 saturated heterocycles. The number of aliphatic hydroxyl groups excluding tert-OH is 6. The van der Waals surface area contributed by atoms with Gasteiger partial charge in [0.15, 0.2) is 0 Å². The van der Waals surface area contributed by atoms with Crippen molar-refractivity contribution in [3.63, 3.8) is 0 Å². The van der Waals surface area contributed by atoms with E-state index in [1.807, 2.05) is 0 Å². The standard InChI is InChI=1S/C14H28O2.C6H14O6/c1-2-3-4-5-6-7-8-9-10-11-12-13-14(15)16;7-1-3(9)5(11)6(12)4(10)2-8/h2-13H2,1H3,(H,15,16);3-12H,1-2H2/t;3-,4-,5-,6-/m.1/s1. The molecular formula is C20H42O8. The quantitative estimate of drug-likeness (QED) is 0.176. The van der Waals surface area contributed by atoms with Crippen LogP contribution in [0.15, 0.2) is 0 Å². The van der Waals surface area contributed by atoms with Gasteiger partial charge in [0.1, 0.15) is 24.4 Å². The first kappa shape index (κ1) is 29.4. The molecule has 170 valence electrons. The van der Waals surface area contributed by atoms with Gasteiger partial charge in [-0.15, -0.1) is 0 Å². The highest BCUT2D eigenvalue weighted by Gasteiger charge is 2.29. The fraction of sp³-hybridized carbons (Fsp3) is 0.950. The van der Waals surface area contributed by atoms with E-state index >= 15 is 0 Å². The average Bonchev–Trinajstić information content (AvgIpc) is 2.69. The minimum absolute atomic E-state index is 0.344. The van der Waals surface area contributed by atoms with Crippen LogP contribution in [0.25, 0.3) is 0 Å². The molecule has 0 amide bonds. The van der Waals surface area contributed by atoms with Crippen molar-refractivity contribution in [3.05, 3.63) is 0 Å². The molecule has 0 aromatic carbocycles. The van der Waals surface area contributed by atoms with Gasteiger partial charge >= 0.3 is 5.97 Å². The number of aliphatic hydroxyl groups is 6. The topological polar surface area (TPSA) is 159 Å². The van der Waals surface area contributed by atoms with E-state index in [-0.39, 0.29) is 0 Å². The van der Waals surface area contributed by atoms with Crippen molar-refractivity contribution in [2.24, 2.45) is 0 Å². The molecule has 0 aliphatic rings. The molecule has 0 unspecified atom stereocenters. The van der Waals surface area contributed by atoms with Crippen LogP contribution >= 0.6 is 0 Å². The lowest BCUT2D eigenvalue weighted by Crippen LogP contribution is -2.46. The van der Waals surface area contributed by atoms with E-state index in [9.17, 15) is 4.79 Å². The van der Waals surface area contributed by atoms with E-state index in [1.54, 1.807) is 0 Å². The Hall–Kier alpha value is -0.770. The van der Waals surface area contributed by atoms with Crippen molar-refractivity contribution in [1.29, 1.82) is 0 Å². The molecule has 0 saturated carbocycles. The Morgan fingerprint density at radius 3 is 1.25 bits per heavy atom. The molecule has 0 aliphatic heterocycles. The van der Waals surface area contributed by atoms with Crippen LogP contribution in [0.2, 0.25) is 0 Å². The van der Waals surface area contributed by atoms with Gasteiger partial charge in [-0.05, 0) is 6.42 Å². The van der Waals surface area contributed by atoms with E-state index in [1.165, 1.54) is 57.8 Å². The molecule has 28 heavy (non-hydrogen) atoms. The van der Waals surface area contributed by atoms with Crippen LogP contribution in [0, 0.1) is 0 Å². The molecule has 0 spiro atoms. The van der Waals surface area contributed by atoms with Gasteiger partial charge < -0.3 is 35.7 Å². The SMILES string of the molecule is CCCCCCCCCCCCCC(=O)O.OC[C@@H](O)[C@@H](O)[C@H](O)[C@H](O)CO. The van der Waals surface area contributed by atoms with Crippen LogP contribution in [-0.4, -0.2) is 79.3 Å². The van der Waals surface area contributed by atoms with Crippen molar-refractivity contribution in [2.45, 2.75) is 108 Å². The van der Waals surface area contributed by atoms with Crippen LogP contribution in [0.4, 0.5) is 0 Å². The van der Waals surface area contributed by atoms with E-state index in [4.69, 9.17) is 35.7 Å².